The van der Waals surface area contributed by atoms with Gasteiger partial charge in [0.1, 0.15) is 22.2 Å². The Labute approximate surface area is 193 Å². The van der Waals surface area contributed by atoms with Gasteiger partial charge in [-0.3, -0.25) is 0 Å². The average molecular weight is 445 g/mol. The molecule has 164 valence electrons. The largest absolute Gasteiger partial charge is 0.497 e. The van der Waals surface area contributed by atoms with E-state index in [-0.39, 0.29) is 0 Å². The molecule has 0 saturated carbocycles. The second kappa shape index (κ2) is 8.79. The fraction of sp³-hybridized carbons (Fsp3) is 0.308. The molecule has 0 atom stereocenters. The smallest absolute Gasteiger partial charge is 0.141 e. The molecule has 1 fully saturated rings. The minimum absolute atomic E-state index is 0.756. The van der Waals surface area contributed by atoms with E-state index in [9.17, 15) is 0 Å². The summed E-state index contributed by atoms with van der Waals surface area (Å²) in [6.45, 7) is 8.20. The van der Waals surface area contributed by atoms with E-state index < -0.39 is 0 Å². The van der Waals surface area contributed by atoms with Crippen LogP contribution in [0.15, 0.2) is 54.6 Å². The number of anilines is 2. The third-order valence-corrected chi connectivity index (χ3v) is 7.38. The minimum atomic E-state index is 0.756. The second-order valence-electron chi connectivity index (χ2n) is 8.26. The van der Waals surface area contributed by atoms with Crippen LogP contribution in [0.3, 0.4) is 0 Å². The first-order valence-electron chi connectivity index (χ1n) is 11.1. The molecular formula is C26H28N4OS. The van der Waals surface area contributed by atoms with Gasteiger partial charge < -0.3 is 14.5 Å². The lowest BCUT2D eigenvalue weighted by Crippen LogP contribution is -2.47. The van der Waals surface area contributed by atoms with Gasteiger partial charge in [0.2, 0.25) is 0 Å². The number of hydrogen-bond acceptors (Lipinski definition) is 6. The van der Waals surface area contributed by atoms with E-state index in [0.717, 1.165) is 54.8 Å². The van der Waals surface area contributed by atoms with E-state index in [4.69, 9.17) is 14.7 Å². The molecule has 0 radical (unpaired) electrons. The number of methoxy groups -OCH3 is 1. The monoisotopic (exact) mass is 444 g/mol. The van der Waals surface area contributed by atoms with Crippen molar-refractivity contribution in [2.75, 3.05) is 43.1 Å². The van der Waals surface area contributed by atoms with E-state index >= 15 is 0 Å². The Bertz CT molecular complexity index is 1210. The summed E-state index contributed by atoms with van der Waals surface area (Å²) in [5.74, 6) is 2.89. The third kappa shape index (κ3) is 4.02. The van der Waals surface area contributed by atoms with E-state index in [2.05, 4.69) is 60.0 Å². The maximum atomic E-state index is 5.30. The van der Waals surface area contributed by atoms with Crippen molar-refractivity contribution in [1.82, 2.24) is 9.97 Å². The molecule has 5 nitrogen and oxygen atoms in total. The SMILES string of the molecule is COc1ccc(N2CCN(c3nc(Cc4ccccc4)nc4sc(C)c(C)c34)CC2)cc1. The number of hydrogen-bond donors (Lipinski definition) is 0. The molecule has 2 aromatic heterocycles. The summed E-state index contributed by atoms with van der Waals surface area (Å²) in [7, 11) is 1.70. The Hall–Kier alpha value is -3.12. The minimum Gasteiger partial charge on any atom is -0.497 e. The first-order valence-corrected chi connectivity index (χ1v) is 11.9. The maximum Gasteiger partial charge on any atom is 0.141 e. The summed E-state index contributed by atoms with van der Waals surface area (Å²) >= 11 is 1.78. The first kappa shape index (κ1) is 20.8. The summed E-state index contributed by atoms with van der Waals surface area (Å²) in [6.07, 6.45) is 0.756. The molecule has 6 heteroatoms. The highest BCUT2D eigenvalue weighted by molar-refractivity contribution is 7.18. The number of piperazine rings is 1. The molecule has 4 aromatic rings. The molecule has 1 saturated heterocycles. The van der Waals surface area contributed by atoms with Gasteiger partial charge in [0, 0.05) is 43.2 Å². The van der Waals surface area contributed by atoms with Crippen molar-refractivity contribution in [3.8, 4) is 5.75 Å². The van der Waals surface area contributed by atoms with Crippen LogP contribution in [-0.2, 0) is 6.42 Å². The van der Waals surface area contributed by atoms with Gasteiger partial charge in [-0.25, -0.2) is 9.97 Å². The number of ether oxygens (including phenoxy) is 1. The maximum absolute atomic E-state index is 5.30. The Morgan fingerprint density at radius 1 is 0.875 bits per heavy atom. The molecule has 1 aliphatic rings. The molecule has 32 heavy (non-hydrogen) atoms. The Kier molecular flexibility index (Phi) is 5.70. The van der Waals surface area contributed by atoms with Crippen LogP contribution in [0.1, 0.15) is 21.8 Å². The van der Waals surface area contributed by atoms with Crippen LogP contribution in [-0.4, -0.2) is 43.3 Å². The third-order valence-electron chi connectivity index (χ3n) is 6.28. The average Bonchev–Trinajstić information content (AvgIpc) is 3.12. The summed E-state index contributed by atoms with van der Waals surface area (Å²) in [4.78, 5) is 17.4. The first-order chi connectivity index (χ1) is 15.6. The van der Waals surface area contributed by atoms with Crippen LogP contribution in [0.2, 0.25) is 0 Å². The van der Waals surface area contributed by atoms with Gasteiger partial charge in [0.15, 0.2) is 0 Å². The van der Waals surface area contributed by atoms with E-state index in [1.54, 1.807) is 18.4 Å². The van der Waals surface area contributed by atoms with Gasteiger partial charge >= 0.3 is 0 Å². The zero-order valence-electron chi connectivity index (χ0n) is 18.8. The summed E-state index contributed by atoms with van der Waals surface area (Å²) < 4.78 is 5.30. The Morgan fingerprint density at radius 3 is 2.25 bits per heavy atom. The van der Waals surface area contributed by atoms with Crippen LogP contribution in [0.5, 0.6) is 5.75 Å². The van der Waals surface area contributed by atoms with E-state index in [1.165, 1.54) is 27.1 Å². The zero-order valence-corrected chi connectivity index (χ0v) is 19.7. The van der Waals surface area contributed by atoms with Crippen molar-refractivity contribution in [3.05, 3.63) is 76.4 Å². The molecular weight excluding hydrogens is 416 g/mol. The molecule has 0 N–H and O–H groups in total. The number of aryl methyl sites for hydroxylation is 2. The molecule has 5 rings (SSSR count). The van der Waals surface area contributed by atoms with Crippen molar-refractivity contribution in [2.24, 2.45) is 0 Å². The number of thiophene rings is 1. The van der Waals surface area contributed by atoms with Crippen LogP contribution in [0, 0.1) is 13.8 Å². The molecule has 1 aliphatic heterocycles. The van der Waals surface area contributed by atoms with Gasteiger partial charge in [0.05, 0.1) is 12.5 Å². The van der Waals surface area contributed by atoms with Gasteiger partial charge in [-0.1, -0.05) is 30.3 Å². The summed E-state index contributed by atoms with van der Waals surface area (Å²) in [5, 5.41) is 1.22. The van der Waals surface area contributed by atoms with E-state index in [0.29, 0.717) is 0 Å². The highest BCUT2D eigenvalue weighted by Crippen LogP contribution is 2.36. The van der Waals surface area contributed by atoms with Gasteiger partial charge in [-0.2, -0.15) is 0 Å². The number of benzene rings is 2. The van der Waals surface area contributed by atoms with E-state index in [1.807, 2.05) is 18.2 Å². The fourth-order valence-electron chi connectivity index (χ4n) is 4.33. The highest BCUT2D eigenvalue weighted by Gasteiger charge is 2.23. The molecule has 0 bridgehead atoms. The lowest BCUT2D eigenvalue weighted by atomic mass is 10.1. The Morgan fingerprint density at radius 2 is 1.56 bits per heavy atom. The van der Waals surface area contributed by atoms with Crippen molar-refractivity contribution in [1.29, 1.82) is 0 Å². The van der Waals surface area contributed by atoms with Crippen molar-refractivity contribution >= 4 is 33.1 Å². The lowest BCUT2D eigenvalue weighted by molar-refractivity contribution is 0.415. The van der Waals surface area contributed by atoms with Crippen LogP contribution < -0.4 is 14.5 Å². The standard InChI is InChI=1S/C26H28N4OS/c1-18-19(2)32-26-24(18)25(27-23(28-26)17-20-7-5-4-6-8-20)30-15-13-29(14-16-30)21-9-11-22(31-3)12-10-21/h4-12H,13-17H2,1-3H3. The van der Waals surface area contributed by atoms with Gasteiger partial charge in [0.25, 0.3) is 0 Å². The van der Waals surface area contributed by atoms with Crippen LogP contribution >= 0.6 is 11.3 Å². The number of aromatic nitrogens is 2. The van der Waals surface area contributed by atoms with Crippen LogP contribution in [0.4, 0.5) is 11.5 Å². The zero-order chi connectivity index (χ0) is 22.1. The molecule has 2 aromatic carbocycles. The predicted octanol–water partition coefficient (Wildman–Crippen LogP) is 5.23. The van der Waals surface area contributed by atoms with Gasteiger partial charge in [-0.05, 0) is 49.2 Å². The fourth-order valence-corrected chi connectivity index (χ4v) is 5.37. The van der Waals surface area contributed by atoms with Crippen LogP contribution in [0.25, 0.3) is 10.2 Å². The molecule has 0 amide bonds. The second-order valence-corrected chi connectivity index (χ2v) is 9.46. The van der Waals surface area contributed by atoms with Gasteiger partial charge in [-0.15, -0.1) is 11.3 Å². The predicted molar refractivity (Wildman–Crippen MR) is 134 cm³/mol. The quantitative estimate of drug-likeness (QED) is 0.421. The number of rotatable bonds is 5. The molecule has 0 spiro atoms. The Balaban J connectivity index is 1.42. The molecule has 0 unspecified atom stereocenters. The van der Waals surface area contributed by atoms with Crippen molar-refractivity contribution < 1.29 is 4.74 Å². The topological polar surface area (TPSA) is 41.5 Å². The van der Waals surface area contributed by atoms with Crippen molar-refractivity contribution in [2.45, 2.75) is 20.3 Å². The lowest BCUT2D eigenvalue weighted by Gasteiger charge is -2.37. The number of nitrogens with zero attached hydrogens (tertiary/aromatic N) is 4. The molecule has 3 heterocycles. The van der Waals surface area contributed by atoms with Crippen molar-refractivity contribution in [3.63, 3.8) is 0 Å². The normalized spacial score (nSPS) is 14.2. The number of fused-ring (bicyclic) bond motifs is 1. The summed E-state index contributed by atoms with van der Waals surface area (Å²) in [6, 6.07) is 18.8. The summed E-state index contributed by atoms with van der Waals surface area (Å²) in [5.41, 5.74) is 3.79. The molecule has 0 aliphatic carbocycles. The highest BCUT2D eigenvalue weighted by atomic mass is 32.1.